The summed E-state index contributed by atoms with van der Waals surface area (Å²) in [5.74, 6) is 0. The Balaban J connectivity index is -0.000000490. The van der Waals surface area contributed by atoms with Crippen molar-refractivity contribution in [1.29, 1.82) is 0 Å². The molecule has 0 aromatic heterocycles. The van der Waals surface area contributed by atoms with Crippen LogP contribution in [-0.4, -0.2) is 35.6 Å². The fourth-order valence-corrected chi connectivity index (χ4v) is 3.72. The van der Waals surface area contributed by atoms with Gasteiger partial charge in [0.1, 0.15) is 0 Å². The van der Waals surface area contributed by atoms with Crippen LogP contribution in [0.4, 0.5) is 0 Å². The van der Waals surface area contributed by atoms with E-state index >= 15 is 0 Å². The summed E-state index contributed by atoms with van der Waals surface area (Å²) in [6.45, 7) is 4.52. The van der Waals surface area contributed by atoms with Crippen molar-refractivity contribution in [3.63, 3.8) is 0 Å². The monoisotopic (exact) mass is 446 g/mol. The van der Waals surface area contributed by atoms with Crippen molar-refractivity contribution >= 4 is 35.6 Å². The Kier molecular flexibility index (Phi) is 43.1. The van der Waals surface area contributed by atoms with Crippen LogP contribution in [0.3, 0.4) is 0 Å². The molecule has 31 heavy (non-hydrogen) atoms. The minimum Gasteiger partial charge on any atom is -0.542 e. The van der Waals surface area contributed by atoms with E-state index in [2.05, 4.69) is 13.8 Å². The van der Waals surface area contributed by atoms with Crippen molar-refractivity contribution in [1.82, 2.24) is 0 Å². The molecule has 0 aliphatic rings. The SMILES string of the molecule is CCCCCCCCCCCCC[C-]=O.CCCCCCCCCCCCC[C-]=O.[Mg+2]. The van der Waals surface area contributed by atoms with Crippen LogP contribution in [0.2, 0.25) is 0 Å². The van der Waals surface area contributed by atoms with Gasteiger partial charge in [-0.05, 0) is 0 Å². The van der Waals surface area contributed by atoms with E-state index in [0.717, 1.165) is 12.8 Å². The molecule has 3 heteroatoms. The zero-order valence-corrected chi connectivity index (χ0v) is 22.9. The maximum atomic E-state index is 9.94. The molecule has 0 atom stereocenters. The zero-order chi connectivity index (χ0) is 22.4. The van der Waals surface area contributed by atoms with E-state index in [1.54, 1.807) is 0 Å². The van der Waals surface area contributed by atoms with Crippen molar-refractivity contribution in [2.24, 2.45) is 0 Å². The predicted octanol–water partition coefficient (Wildman–Crippen LogP) is 9.21. The van der Waals surface area contributed by atoms with Gasteiger partial charge < -0.3 is 9.59 Å². The van der Waals surface area contributed by atoms with E-state index in [4.69, 9.17) is 0 Å². The first-order valence-corrected chi connectivity index (χ1v) is 13.5. The zero-order valence-electron chi connectivity index (χ0n) is 21.5. The minimum absolute atomic E-state index is 0. The van der Waals surface area contributed by atoms with Gasteiger partial charge in [-0.3, -0.25) is 12.6 Å². The van der Waals surface area contributed by atoms with E-state index in [0.29, 0.717) is 12.8 Å². The van der Waals surface area contributed by atoms with Crippen molar-refractivity contribution in [2.75, 3.05) is 0 Å². The summed E-state index contributed by atoms with van der Waals surface area (Å²) in [5.41, 5.74) is 0. The van der Waals surface area contributed by atoms with Crippen LogP contribution in [0.1, 0.15) is 168 Å². The van der Waals surface area contributed by atoms with Crippen LogP contribution in [0.5, 0.6) is 0 Å². The van der Waals surface area contributed by atoms with Crippen LogP contribution >= 0.6 is 0 Å². The average molecular weight is 447 g/mol. The molecule has 0 amide bonds. The third kappa shape index (κ3) is 40.9. The molecule has 0 radical (unpaired) electrons. The molecule has 0 heterocycles. The minimum atomic E-state index is 0. The second-order valence-corrected chi connectivity index (χ2v) is 8.86. The van der Waals surface area contributed by atoms with Gasteiger partial charge in [-0.1, -0.05) is 155 Å². The summed E-state index contributed by atoms with van der Waals surface area (Å²) < 4.78 is 0. The molecular weight excluding hydrogens is 393 g/mol. The number of unbranched alkanes of at least 4 members (excludes halogenated alkanes) is 22. The fraction of sp³-hybridized carbons (Fsp3) is 0.929. The number of rotatable bonds is 24. The standard InChI is InChI=1S/2C14H27O.Mg/c2*1-2-3-4-5-6-7-8-9-10-11-12-13-14-15;/h2*2-13H2,1H3;/q2*-1;+2. The van der Waals surface area contributed by atoms with Gasteiger partial charge in [0.25, 0.3) is 0 Å². The topological polar surface area (TPSA) is 34.1 Å². The molecule has 0 bridgehead atoms. The maximum absolute atomic E-state index is 9.94. The third-order valence-corrected chi connectivity index (χ3v) is 5.76. The molecule has 0 N–H and O–H groups in total. The van der Waals surface area contributed by atoms with Gasteiger partial charge in [-0.2, -0.15) is 12.8 Å². The Morgan fingerprint density at radius 3 is 0.742 bits per heavy atom. The average Bonchev–Trinajstić information content (AvgIpc) is 2.76. The molecule has 0 aromatic carbocycles. The van der Waals surface area contributed by atoms with Gasteiger partial charge in [-0.15, -0.1) is 0 Å². The molecule has 0 unspecified atom stereocenters. The van der Waals surface area contributed by atoms with Gasteiger partial charge in [0.15, 0.2) is 0 Å². The van der Waals surface area contributed by atoms with E-state index in [1.165, 1.54) is 128 Å². The molecule has 180 valence electrons. The van der Waals surface area contributed by atoms with E-state index in [1.807, 2.05) is 12.6 Å². The van der Waals surface area contributed by atoms with Crippen LogP contribution in [0, 0.1) is 0 Å². The normalized spacial score (nSPS) is 10.1. The molecular formula is C28H54MgO2. The fourth-order valence-electron chi connectivity index (χ4n) is 3.72. The van der Waals surface area contributed by atoms with Gasteiger partial charge in [-0.25, -0.2) is 0 Å². The van der Waals surface area contributed by atoms with Crippen molar-refractivity contribution in [2.45, 2.75) is 168 Å². The largest absolute Gasteiger partial charge is 2.00 e. The summed E-state index contributed by atoms with van der Waals surface area (Å²) in [6.07, 6.45) is 34.6. The molecule has 0 saturated carbocycles. The van der Waals surface area contributed by atoms with E-state index in [9.17, 15) is 9.59 Å². The molecule has 0 rings (SSSR count). The predicted molar refractivity (Wildman–Crippen MR) is 139 cm³/mol. The van der Waals surface area contributed by atoms with E-state index < -0.39 is 0 Å². The summed E-state index contributed by atoms with van der Waals surface area (Å²) in [7, 11) is 0. The first-order chi connectivity index (χ1) is 14.8. The maximum Gasteiger partial charge on any atom is 2.00 e. The van der Waals surface area contributed by atoms with Gasteiger partial charge in [0, 0.05) is 0 Å². The van der Waals surface area contributed by atoms with Crippen LogP contribution in [0.15, 0.2) is 0 Å². The third-order valence-electron chi connectivity index (χ3n) is 5.76. The first-order valence-electron chi connectivity index (χ1n) is 13.5. The molecule has 0 aliphatic carbocycles. The van der Waals surface area contributed by atoms with E-state index in [-0.39, 0.29) is 23.1 Å². The molecule has 2 nitrogen and oxygen atoms in total. The summed E-state index contributed by atoms with van der Waals surface area (Å²) in [5, 5.41) is 0. The van der Waals surface area contributed by atoms with Crippen molar-refractivity contribution in [3.8, 4) is 0 Å². The molecule has 0 aromatic rings. The summed E-state index contributed by atoms with van der Waals surface area (Å²) in [6, 6.07) is 0. The molecule has 0 aliphatic heterocycles. The van der Waals surface area contributed by atoms with Gasteiger partial charge in [0.2, 0.25) is 0 Å². The smallest absolute Gasteiger partial charge is 0.542 e. The molecule has 0 fully saturated rings. The number of hydrogen-bond acceptors (Lipinski definition) is 2. The second kappa shape index (κ2) is 37.4. The first kappa shape index (κ1) is 35.7. The molecule has 0 spiro atoms. The van der Waals surface area contributed by atoms with Crippen molar-refractivity contribution < 1.29 is 9.59 Å². The second-order valence-electron chi connectivity index (χ2n) is 8.86. The quantitative estimate of drug-likeness (QED) is 0.0840. The number of carbonyl (C=O) groups excluding carboxylic acids is 2. The van der Waals surface area contributed by atoms with Gasteiger partial charge >= 0.3 is 23.1 Å². The summed E-state index contributed by atoms with van der Waals surface area (Å²) >= 11 is 0. The van der Waals surface area contributed by atoms with Gasteiger partial charge in [0.05, 0.1) is 0 Å². The Morgan fingerprint density at radius 2 is 0.548 bits per heavy atom. The van der Waals surface area contributed by atoms with Crippen LogP contribution < -0.4 is 0 Å². The number of hydrogen-bond donors (Lipinski definition) is 0. The Morgan fingerprint density at radius 1 is 0.355 bits per heavy atom. The van der Waals surface area contributed by atoms with Crippen molar-refractivity contribution in [3.05, 3.63) is 0 Å². The molecule has 0 saturated heterocycles. The van der Waals surface area contributed by atoms with Crippen LogP contribution in [0.25, 0.3) is 0 Å². The Labute approximate surface area is 212 Å². The Hall–Kier alpha value is 0.106. The van der Waals surface area contributed by atoms with Crippen LogP contribution in [-0.2, 0) is 9.59 Å². The Bertz CT molecular complexity index is 277. The summed E-state index contributed by atoms with van der Waals surface area (Å²) in [4.78, 5) is 19.9.